The lowest BCUT2D eigenvalue weighted by atomic mass is 10.2. The fourth-order valence-corrected chi connectivity index (χ4v) is 7.10. The summed E-state index contributed by atoms with van der Waals surface area (Å²) in [6.07, 6.45) is 2.80. The SMILES string of the molecule is CCN(c1ccccc1)S(=O)(=O)c1ccc(OC)c(NC(=O)C=Cc2ccc(S(=O)(=O)N3CCOCC3)cc2)c1. The Balaban J connectivity index is 1.50. The summed E-state index contributed by atoms with van der Waals surface area (Å²) >= 11 is 0. The van der Waals surface area contributed by atoms with Crippen LogP contribution in [0.1, 0.15) is 12.5 Å². The van der Waals surface area contributed by atoms with Gasteiger partial charge in [0.15, 0.2) is 0 Å². The van der Waals surface area contributed by atoms with Gasteiger partial charge in [-0.25, -0.2) is 16.8 Å². The van der Waals surface area contributed by atoms with Crippen LogP contribution in [0.25, 0.3) is 6.08 Å². The number of hydrogen-bond donors (Lipinski definition) is 1. The maximum atomic E-state index is 13.4. The average Bonchev–Trinajstić information content (AvgIpc) is 2.97. The number of carbonyl (C=O) groups is 1. The maximum absolute atomic E-state index is 13.4. The summed E-state index contributed by atoms with van der Waals surface area (Å²) < 4.78 is 65.7. The molecule has 0 unspecified atom stereocenters. The Morgan fingerprint density at radius 3 is 2.25 bits per heavy atom. The molecule has 10 nitrogen and oxygen atoms in total. The van der Waals surface area contributed by atoms with E-state index in [0.29, 0.717) is 43.3 Å². The van der Waals surface area contributed by atoms with Gasteiger partial charge in [0.1, 0.15) is 5.75 Å². The van der Waals surface area contributed by atoms with Crippen molar-refractivity contribution in [2.45, 2.75) is 16.7 Å². The molecular weight excluding hydrogens is 554 g/mol. The van der Waals surface area contributed by atoms with Crippen LogP contribution in [0.3, 0.4) is 0 Å². The van der Waals surface area contributed by atoms with E-state index in [1.165, 1.54) is 58.2 Å². The molecule has 0 aliphatic carbocycles. The predicted molar refractivity (Wildman–Crippen MR) is 153 cm³/mol. The maximum Gasteiger partial charge on any atom is 0.264 e. The van der Waals surface area contributed by atoms with Crippen LogP contribution in [0, 0.1) is 0 Å². The van der Waals surface area contributed by atoms with Gasteiger partial charge in [-0.2, -0.15) is 4.31 Å². The number of hydrogen-bond acceptors (Lipinski definition) is 7. The molecule has 0 aromatic heterocycles. The van der Waals surface area contributed by atoms with Gasteiger partial charge in [0, 0.05) is 25.7 Å². The van der Waals surface area contributed by atoms with Gasteiger partial charge in [-0.15, -0.1) is 0 Å². The third-order valence-corrected chi connectivity index (χ3v) is 10.1. The van der Waals surface area contributed by atoms with Crippen molar-refractivity contribution in [1.29, 1.82) is 0 Å². The molecule has 1 heterocycles. The summed E-state index contributed by atoms with van der Waals surface area (Å²) in [5.41, 5.74) is 1.33. The first-order chi connectivity index (χ1) is 19.2. The zero-order valence-corrected chi connectivity index (χ0v) is 23.8. The van der Waals surface area contributed by atoms with Gasteiger partial charge in [-0.3, -0.25) is 9.10 Å². The molecule has 1 aliphatic heterocycles. The molecule has 0 saturated carbocycles. The predicted octanol–water partition coefficient (Wildman–Crippen LogP) is 3.58. The number of nitrogens with one attached hydrogen (secondary N) is 1. The Kier molecular flexibility index (Phi) is 9.25. The third kappa shape index (κ3) is 6.53. The molecule has 212 valence electrons. The number of amides is 1. The van der Waals surface area contributed by atoms with Crippen LogP contribution in [0.4, 0.5) is 11.4 Å². The molecule has 0 bridgehead atoms. The minimum absolute atomic E-state index is 0.00431. The van der Waals surface area contributed by atoms with E-state index in [4.69, 9.17) is 9.47 Å². The van der Waals surface area contributed by atoms with E-state index >= 15 is 0 Å². The Hall–Kier alpha value is -3.71. The molecule has 40 heavy (non-hydrogen) atoms. The van der Waals surface area contributed by atoms with Crippen molar-refractivity contribution < 1.29 is 31.1 Å². The van der Waals surface area contributed by atoms with Crippen molar-refractivity contribution in [3.8, 4) is 5.75 Å². The number of morpholine rings is 1. The van der Waals surface area contributed by atoms with Gasteiger partial charge in [0.2, 0.25) is 15.9 Å². The second kappa shape index (κ2) is 12.6. The first-order valence-electron chi connectivity index (χ1n) is 12.6. The van der Waals surface area contributed by atoms with Crippen LogP contribution in [-0.2, 0) is 29.6 Å². The highest BCUT2D eigenvalue weighted by Gasteiger charge is 2.26. The number of rotatable bonds is 10. The molecular formula is C28H31N3O7S2. The summed E-state index contributed by atoms with van der Waals surface area (Å²) in [4.78, 5) is 12.9. The van der Waals surface area contributed by atoms with E-state index in [0.717, 1.165) is 0 Å². The van der Waals surface area contributed by atoms with Crippen LogP contribution in [-0.4, -0.2) is 67.0 Å². The van der Waals surface area contributed by atoms with E-state index in [2.05, 4.69) is 5.32 Å². The second-order valence-corrected chi connectivity index (χ2v) is 12.6. The highest BCUT2D eigenvalue weighted by molar-refractivity contribution is 7.92. The molecule has 3 aromatic rings. The largest absolute Gasteiger partial charge is 0.495 e. The number of sulfonamides is 2. The minimum Gasteiger partial charge on any atom is -0.495 e. The van der Waals surface area contributed by atoms with Gasteiger partial charge in [-0.05, 0) is 61.0 Å². The van der Waals surface area contributed by atoms with Crippen molar-refractivity contribution in [1.82, 2.24) is 4.31 Å². The molecule has 0 spiro atoms. The van der Waals surface area contributed by atoms with E-state index in [1.54, 1.807) is 49.4 Å². The Morgan fingerprint density at radius 2 is 1.62 bits per heavy atom. The highest BCUT2D eigenvalue weighted by Crippen LogP contribution is 2.31. The first-order valence-corrected chi connectivity index (χ1v) is 15.5. The quantitative estimate of drug-likeness (QED) is 0.361. The van der Waals surface area contributed by atoms with Crippen molar-refractivity contribution in [3.63, 3.8) is 0 Å². The van der Waals surface area contributed by atoms with E-state index in [9.17, 15) is 21.6 Å². The molecule has 1 fully saturated rings. The average molecular weight is 586 g/mol. The summed E-state index contributed by atoms with van der Waals surface area (Å²) in [5, 5.41) is 2.67. The van der Waals surface area contributed by atoms with Crippen molar-refractivity contribution in [3.05, 3.63) is 84.4 Å². The molecule has 0 radical (unpaired) electrons. The number of para-hydroxylation sites is 1. The Bertz CT molecular complexity index is 1570. The lowest BCUT2D eigenvalue weighted by molar-refractivity contribution is -0.111. The molecule has 1 saturated heterocycles. The smallest absolute Gasteiger partial charge is 0.264 e. The van der Waals surface area contributed by atoms with Crippen LogP contribution >= 0.6 is 0 Å². The molecule has 12 heteroatoms. The van der Waals surface area contributed by atoms with Gasteiger partial charge in [0.05, 0.1) is 41.5 Å². The number of carbonyl (C=O) groups excluding carboxylic acids is 1. The molecule has 1 aliphatic rings. The number of anilines is 2. The summed E-state index contributed by atoms with van der Waals surface area (Å²) in [5.74, 6) is -0.227. The number of methoxy groups -OCH3 is 1. The van der Waals surface area contributed by atoms with Crippen molar-refractivity contribution in [2.24, 2.45) is 0 Å². The zero-order valence-electron chi connectivity index (χ0n) is 22.2. The van der Waals surface area contributed by atoms with E-state index in [-0.39, 0.29) is 22.0 Å². The monoisotopic (exact) mass is 585 g/mol. The van der Waals surface area contributed by atoms with Crippen molar-refractivity contribution in [2.75, 3.05) is 49.6 Å². The summed E-state index contributed by atoms with van der Waals surface area (Å²) in [6, 6.07) is 19.2. The molecule has 1 amide bonds. The third-order valence-electron chi connectivity index (χ3n) is 6.26. The zero-order chi connectivity index (χ0) is 28.8. The summed E-state index contributed by atoms with van der Waals surface area (Å²) in [7, 11) is -6.11. The number of benzene rings is 3. The number of nitrogens with zero attached hydrogens (tertiary/aromatic N) is 2. The first kappa shape index (κ1) is 29.3. The standard InChI is InChI=1S/C28H31N3O7S2/c1-3-31(23-7-5-4-6-8-23)40(35,36)25-14-15-27(37-2)26(21-25)29-28(32)16-11-22-9-12-24(13-10-22)39(33,34)30-17-19-38-20-18-30/h4-16,21H,3,17-20H2,1-2H3,(H,29,32). The molecule has 0 atom stereocenters. The van der Waals surface area contributed by atoms with Crippen LogP contribution < -0.4 is 14.4 Å². The molecule has 4 rings (SSSR count). The van der Waals surface area contributed by atoms with Gasteiger partial charge in [-0.1, -0.05) is 30.3 Å². The lowest BCUT2D eigenvalue weighted by Gasteiger charge is -2.26. The van der Waals surface area contributed by atoms with E-state index < -0.39 is 26.0 Å². The van der Waals surface area contributed by atoms with Gasteiger partial charge >= 0.3 is 0 Å². The molecule has 1 N–H and O–H groups in total. The fourth-order valence-electron chi connectivity index (χ4n) is 4.19. The normalized spacial score (nSPS) is 14.7. The van der Waals surface area contributed by atoms with Crippen LogP contribution in [0.2, 0.25) is 0 Å². The Morgan fingerprint density at radius 1 is 0.975 bits per heavy atom. The van der Waals surface area contributed by atoms with Gasteiger partial charge in [0.25, 0.3) is 10.0 Å². The van der Waals surface area contributed by atoms with Gasteiger partial charge < -0.3 is 14.8 Å². The fraction of sp³-hybridized carbons (Fsp3) is 0.250. The Labute approximate surface area is 234 Å². The topological polar surface area (TPSA) is 122 Å². The summed E-state index contributed by atoms with van der Waals surface area (Å²) in [6.45, 7) is 3.29. The van der Waals surface area contributed by atoms with Crippen LogP contribution in [0.5, 0.6) is 5.75 Å². The number of ether oxygens (including phenoxy) is 2. The van der Waals surface area contributed by atoms with Crippen LogP contribution in [0.15, 0.2) is 88.7 Å². The second-order valence-electron chi connectivity index (χ2n) is 8.78. The van der Waals surface area contributed by atoms with Crippen molar-refractivity contribution >= 4 is 43.4 Å². The molecule has 3 aromatic carbocycles. The lowest BCUT2D eigenvalue weighted by Crippen LogP contribution is -2.40. The minimum atomic E-state index is -3.92. The highest BCUT2D eigenvalue weighted by atomic mass is 32.2. The van der Waals surface area contributed by atoms with E-state index in [1.807, 2.05) is 0 Å².